The van der Waals surface area contributed by atoms with Crippen molar-refractivity contribution in [2.75, 3.05) is 13.2 Å². The molecule has 2 N–H and O–H groups in total. The molecule has 0 bridgehead atoms. The van der Waals surface area contributed by atoms with E-state index in [1.807, 2.05) is 31.2 Å². The summed E-state index contributed by atoms with van der Waals surface area (Å²) in [7, 11) is 0. The van der Waals surface area contributed by atoms with Crippen molar-refractivity contribution in [3.05, 3.63) is 29.8 Å². The largest absolute Gasteiger partial charge is 0.494 e. The first-order chi connectivity index (χ1) is 9.93. The lowest BCUT2D eigenvalue weighted by Crippen LogP contribution is -2.36. The molecule has 116 valence electrons. The molecule has 0 aliphatic rings. The van der Waals surface area contributed by atoms with E-state index in [1.165, 1.54) is 0 Å². The summed E-state index contributed by atoms with van der Waals surface area (Å²) in [5.74, 6) is -1.06. The SMILES string of the molecule is CCOc1ccc(CC(CNC(=O)C(C)C)C(=O)O)cc1. The maximum absolute atomic E-state index is 11.5. The van der Waals surface area contributed by atoms with Crippen LogP contribution in [-0.4, -0.2) is 30.1 Å². The number of carboxylic acid groups (broad SMARTS) is 1. The number of carbonyl (C=O) groups is 2. The van der Waals surface area contributed by atoms with Crippen molar-refractivity contribution in [1.82, 2.24) is 5.32 Å². The van der Waals surface area contributed by atoms with E-state index in [0.29, 0.717) is 13.0 Å². The fourth-order valence-corrected chi connectivity index (χ4v) is 1.85. The molecule has 1 unspecified atom stereocenters. The molecule has 1 aromatic carbocycles. The monoisotopic (exact) mass is 293 g/mol. The summed E-state index contributed by atoms with van der Waals surface area (Å²) in [4.78, 5) is 22.8. The maximum atomic E-state index is 11.5. The van der Waals surface area contributed by atoms with Crippen molar-refractivity contribution in [3.63, 3.8) is 0 Å². The van der Waals surface area contributed by atoms with Crippen LogP contribution in [0.15, 0.2) is 24.3 Å². The highest BCUT2D eigenvalue weighted by atomic mass is 16.5. The van der Waals surface area contributed by atoms with E-state index < -0.39 is 11.9 Å². The van der Waals surface area contributed by atoms with E-state index >= 15 is 0 Å². The van der Waals surface area contributed by atoms with Gasteiger partial charge in [0.1, 0.15) is 5.75 Å². The van der Waals surface area contributed by atoms with Crippen LogP contribution < -0.4 is 10.1 Å². The third-order valence-electron chi connectivity index (χ3n) is 3.11. The van der Waals surface area contributed by atoms with E-state index in [-0.39, 0.29) is 18.4 Å². The number of ether oxygens (including phenoxy) is 1. The van der Waals surface area contributed by atoms with Crippen LogP contribution in [0.2, 0.25) is 0 Å². The van der Waals surface area contributed by atoms with Gasteiger partial charge in [-0.2, -0.15) is 0 Å². The number of nitrogens with one attached hydrogen (secondary N) is 1. The number of hydrogen-bond acceptors (Lipinski definition) is 3. The van der Waals surface area contributed by atoms with Gasteiger partial charge in [-0.25, -0.2) is 0 Å². The summed E-state index contributed by atoms with van der Waals surface area (Å²) in [5.41, 5.74) is 0.907. The van der Waals surface area contributed by atoms with Gasteiger partial charge < -0.3 is 15.2 Å². The minimum Gasteiger partial charge on any atom is -0.494 e. The van der Waals surface area contributed by atoms with E-state index in [2.05, 4.69) is 5.32 Å². The smallest absolute Gasteiger partial charge is 0.308 e. The first kappa shape index (κ1) is 17.0. The summed E-state index contributed by atoms with van der Waals surface area (Å²) in [6.45, 7) is 6.19. The molecule has 0 spiro atoms. The van der Waals surface area contributed by atoms with Crippen molar-refractivity contribution in [2.45, 2.75) is 27.2 Å². The zero-order valence-corrected chi connectivity index (χ0v) is 12.8. The molecule has 21 heavy (non-hydrogen) atoms. The van der Waals surface area contributed by atoms with E-state index in [9.17, 15) is 14.7 Å². The second-order valence-electron chi connectivity index (χ2n) is 5.22. The Balaban J connectivity index is 2.61. The molecule has 0 aromatic heterocycles. The number of carbonyl (C=O) groups excluding carboxylic acids is 1. The highest BCUT2D eigenvalue weighted by Gasteiger charge is 2.19. The number of hydrogen-bond donors (Lipinski definition) is 2. The first-order valence-electron chi connectivity index (χ1n) is 7.16. The molecule has 0 fully saturated rings. The van der Waals surface area contributed by atoms with Gasteiger partial charge in [0.05, 0.1) is 12.5 Å². The van der Waals surface area contributed by atoms with Crippen LogP contribution in [0.5, 0.6) is 5.75 Å². The number of aliphatic carboxylic acids is 1. The zero-order valence-electron chi connectivity index (χ0n) is 12.8. The molecular formula is C16H23NO4. The summed E-state index contributed by atoms with van der Waals surface area (Å²) >= 11 is 0. The lowest BCUT2D eigenvalue weighted by molar-refractivity contribution is -0.141. The molecule has 0 saturated carbocycles. The molecule has 5 heteroatoms. The van der Waals surface area contributed by atoms with Gasteiger partial charge in [0.15, 0.2) is 0 Å². The average Bonchev–Trinajstić information content (AvgIpc) is 2.44. The standard InChI is InChI=1S/C16H23NO4/c1-4-21-14-7-5-12(6-8-14)9-13(16(19)20)10-17-15(18)11(2)3/h5-8,11,13H,4,9-10H2,1-3H3,(H,17,18)(H,19,20). The second kappa shape index (κ2) is 8.29. The predicted octanol–water partition coefficient (Wildman–Crippen LogP) is 2.10. The molecule has 1 aromatic rings. The molecule has 1 amide bonds. The van der Waals surface area contributed by atoms with Crippen LogP contribution in [0.4, 0.5) is 0 Å². The van der Waals surface area contributed by atoms with Crippen LogP contribution in [0.1, 0.15) is 26.3 Å². The molecule has 0 aliphatic heterocycles. The molecule has 0 aliphatic carbocycles. The summed E-state index contributed by atoms with van der Waals surface area (Å²) < 4.78 is 5.35. The van der Waals surface area contributed by atoms with Gasteiger partial charge in [-0.15, -0.1) is 0 Å². The van der Waals surface area contributed by atoms with E-state index in [0.717, 1.165) is 11.3 Å². The van der Waals surface area contributed by atoms with E-state index in [1.54, 1.807) is 13.8 Å². The highest BCUT2D eigenvalue weighted by Crippen LogP contribution is 2.15. The Labute approximate surface area is 125 Å². The van der Waals surface area contributed by atoms with Crippen LogP contribution >= 0.6 is 0 Å². The van der Waals surface area contributed by atoms with Crippen molar-refractivity contribution < 1.29 is 19.4 Å². The Morgan fingerprint density at radius 3 is 2.33 bits per heavy atom. The maximum Gasteiger partial charge on any atom is 0.308 e. The summed E-state index contributed by atoms with van der Waals surface area (Å²) in [6, 6.07) is 7.35. The third kappa shape index (κ3) is 5.85. The Kier molecular flexibility index (Phi) is 6.72. The van der Waals surface area contributed by atoms with Crippen molar-refractivity contribution in [1.29, 1.82) is 0 Å². The van der Waals surface area contributed by atoms with Crippen LogP contribution in [0.3, 0.4) is 0 Å². The van der Waals surface area contributed by atoms with Gasteiger partial charge in [-0.1, -0.05) is 26.0 Å². The predicted molar refractivity (Wildman–Crippen MR) is 80.3 cm³/mol. The summed E-state index contributed by atoms with van der Waals surface area (Å²) in [5, 5.41) is 11.9. The van der Waals surface area contributed by atoms with Crippen molar-refractivity contribution in [2.24, 2.45) is 11.8 Å². The Morgan fingerprint density at radius 1 is 1.24 bits per heavy atom. The van der Waals surface area contributed by atoms with E-state index in [4.69, 9.17) is 4.74 Å². The minimum absolute atomic E-state index is 0.132. The quantitative estimate of drug-likeness (QED) is 0.769. The van der Waals surface area contributed by atoms with Gasteiger partial charge in [0.25, 0.3) is 0 Å². The Hall–Kier alpha value is -2.04. The number of carboxylic acids is 1. The third-order valence-corrected chi connectivity index (χ3v) is 3.11. The van der Waals surface area contributed by atoms with Crippen molar-refractivity contribution in [3.8, 4) is 5.75 Å². The molecule has 0 saturated heterocycles. The number of rotatable bonds is 8. The van der Waals surface area contributed by atoms with Crippen LogP contribution in [0.25, 0.3) is 0 Å². The Morgan fingerprint density at radius 2 is 1.86 bits per heavy atom. The summed E-state index contributed by atoms with van der Waals surface area (Å²) in [6.07, 6.45) is 0.375. The van der Waals surface area contributed by atoms with Gasteiger partial charge in [-0.3, -0.25) is 9.59 Å². The molecule has 0 heterocycles. The normalized spacial score (nSPS) is 12.0. The molecular weight excluding hydrogens is 270 g/mol. The van der Waals surface area contributed by atoms with Gasteiger partial charge in [0.2, 0.25) is 5.91 Å². The minimum atomic E-state index is -0.909. The van der Waals surface area contributed by atoms with Crippen molar-refractivity contribution >= 4 is 11.9 Å². The lowest BCUT2D eigenvalue weighted by Gasteiger charge is -2.15. The molecule has 5 nitrogen and oxygen atoms in total. The van der Waals surface area contributed by atoms with Gasteiger partial charge in [0, 0.05) is 12.5 Å². The molecule has 1 atom stereocenters. The average molecular weight is 293 g/mol. The molecule has 0 radical (unpaired) electrons. The van der Waals surface area contributed by atoms with Gasteiger partial charge in [-0.05, 0) is 31.0 Å². The second-order valence-corrected chi connectivity index (χ2v) is 5.22. The zero-order chi connectivity index (χ0) is 15.8. The topological polar surface area (TPSA) is 75.6 Å². The first-order valence-corrected chi connectivity index (χ1v) is 7.16. The van der Waals surface area contributed by atoms with Gasteiger partial charge >= 0.3 is 5.97 Å². The highest BCUT2D eigenvalue weighted by molar-refractivity contribution is 5.79. The fraction of sp³-hybridized carbons (Fsp3) is 0.500. The lowest BCUT2D eigenvalue weighted by atomic mass is 9.99. The molecule has 1 rings (SSSR count). The van der Waals surface area contributed by atoms with Crippen LogP contribution in [-0.2, 0) is 16.0 Å². The number of benzene rings is 1. The number of amides is 1. The Bertz CT molecular complexity index is 468. The van der Waals surface area contributed by atoms with Crippen LogP contribution in [0, 0.1) is 11.8 Å². The fourth-order valence-electron chi connectivity index (χ4n) is 1.85.